The van der Waals surface area contributed by atoms with Crippen LogP contribution >= 0.6 is 0 Å². The molecule has 2 unspecified atom stereocenters. The molecule has 22 heavy (non-hydrogen) atoms. The van der Waals surface area contributed by atoms with E-state index < -0.39 is 0 Å². The number of hydrogen-bond acceptors (Lipinski definition) is 2. The van der Waals surface area contributed by atoms with E-state index in [1.54, 1.807) is 0 Å². The van der Waals surface area contributed by atoms with Crippen LogP contribution in [-0.4, -0.2) is 30.1 Å². The Labute approximate surface area is 132 Å². The summed E-state index contributed by atoms with van der Waals surface area (Å²) in [6.45, 7) is 2.39. The van der Waals surface area contributed by atoms with E-state index in [0.29, 0.717) is 12.1 Å². The average molecular weight is 290 g/mol. The highest BCUT2D eigenvalue weighted by Gasteiger charge is 2.37. The fraction of sp³-hybridized carbons (Fsp3) is 0.400. The van der Waals surface area contributed by atoms with E-state index in [1.807, 2.05) is 0 Å². The van der Waals surface area contributed by atoms with E-state index in [1.165, 1.54) is 54.6 Å². The molecule has 0 aromatic heterocycles. The van der Waals surface area contributed by atoms with Crippen molar-refractivity contribution in [3.05, 3.63) is 59.7 Å². The van der Waals surface area contributed by atoms with Gasteiger partial charge in [0.15, 0.2) is 0 Å². The fourth-order valence-corrected chi connectivity index (χ4v) is 4.73. The van der Waals surface area contributed by atoms with Crippen molar-refractivity contribution in [3.8, 4) is 11.1 Å². The molecule has 2 atom stereocenters. The van der Waals surface area contributed by atoms with E-state index in [-0.39, 0.29) is 0 Å². The lowest BCUT2D eigenvalue weighted by Crippen LogP contribution is -2.37. The van der Waals surface area contributed by atoms with Crippen molar-refractivity contribution >= 4 is 0 Å². The van der Waals surface area contributed by atoms with Gasteiger partial charge in [0.1, 0.15) is 0 Å². The van der Waals surface area contributed by atoms with Crippen LogP contribution in [0.3, 0.4) is 0 Å². The molecule has 5 rings (SSSR count). The van der Waals surface area contributed by atoms with Gasteiger partial charge < -0.3 is 5.32 Å². The second-order valence-corrected chi connectivity index (χ2v) is 7.00. The second-order valence-electron chi connectivity index (χ2n) is 7.00. The van der Waals surface area contributed by atoms with Crippen LogP contribution in [0.5, 0.6) is 0 Å². The largest absolute Gasteiger partial charge is 0.310 e. The van der Waals surface area contributed by atoms with E-state index >= 15 is 0 Å². The Bertz CT molecular complexity index is 663. The van der Waals surface area contributed by atoms with Gasteiger partial charge >= 0.3 is 0 Å². The molecular formula is C20H22N2. The summed E-state index contributed by atoms with van der Waals surface area (Å²) in [7, 11) is 0. The molecule has 2 aromatic rings. The topological polar surface area (TPSA) is 15.3 Å². The number of benzene rings is 2. The number of nitrogens with one attached hydrogen (secondary N) is 1. The number of nitrogens with zero attached hydrogens (tertiary/aromatic N) is 1. The molecule has 1 aliphatic carbocycles. The predicted molar refractivity (Wildman–Crippen MR) is 89.9 cm³/mol. The molecule has 0 saturated carbocycles. The minimum atomic E-state index is 0.452. The third-order valence-corrected chi connectivity index (χ3v) is 5.72. The predicted octanol–water partition coefficient (Wildman–Crippen LogP) is 3.58. The van der Waals surface area contributed by atoms with Gasteiger partial charge in [-0.25, -0.2) is 0 Å². The smallest absolute Gasteiger partial charge is 0.0614 e. The third kappa shape index (κ3) is 1.87. The highest BCUT2D eigenvalue weighted by atomic mass is 15.2. The molecule has 2 aromatic carbocycles. The standard InChI is InChI=1S/C20H22N2/c1-3-7-18-16(5-1)17-6-2-4-8-19(17)20(18)22-12-11-14-9-10-15(13-22)21-14/h1-8,14-15,20-21H,9-13H2. The molecule has 0 radical (unpaired) electrons. The first-order valence-electron chi connectivity index (χ1n) is 8.58. The van der Waals surface area contributed by atoms with Crippen LogP contribution in [0, 0.1) is 0 Å². The van der Waals surface area contributed by atoms with E-state index in [2.05, 4.69) is 58.7 Å². The zero-order valence-corrected chi connectivity index (χ0v) is 12.8. The minimum Gasteiger partial charge on any atom is -0.310 e. The number of fused-ring (bicyclic) bond motifs is 5. The maximum atomic E-state index is 3.81. The Balaban J connectivity index is 1.59. The van der Waals surface area contributed by atoms with Crippen LogP contribution in [0.25, 0.3) is 11.1 Å². The summed E-state index contributed by atoms with van der Waals surface area (Å²) in [6.07, 6.45) is 4.00. The molecule has 2 saturated heterocycles. The summed E-state index contributed by atoms with van der Waals surface area (Å²) in [5, 5.41) is 3.81. The SMILES string of the molecule is c1ccc2c(c1)-c1ccccc1C2N1CCC2CCC(C1)N2. The molecule has 2 aliphatic heterocycles. The molecule has 3 aliphatic rings. The van der Waals surface area contributed by atoms with E-state index in [9.17, 15) is 0 Å². The van der Waals surface area contributed by atoms with Crippen LogP contribution in [0.4, 0.5) is 0 Å². The molecular weight excluding hydrogens is 268 g/mol. The van der Waals surface area contributed by atoms with Gasteiger partial charge in [-0.2, -0.15) is 0 Å². The summed E-state index contributed by atoms with van der Waals surface area (Å²) in [6, 6.07) is 19.9. The monoisotopic (exact) mass is 290 g/mol. The molecule has 112 valence electrons. The van der Waals surface area contributed by atoms with Crippen LogP contribution < -0.4 is 5.32 Å². The summed E-state index contributed by atoms with van der Waals surface area (Å²) >= 11 is 0. The Morgan fingerprint density at radius 2 is 1.41 bits per heavy atom. The normalized spacial score (nSPS) is 27.5. The number of hydrogen-bond donors (Lipinski definition) is 1. The summed E-state index contributed by atoms with van der Waals surface area (Å²) in [5.74, 6) is 0. The fourth-order valence-electron chi connectivity index (χ4n) is 4.73. The van der Waals surface area contributed by atoms with Crippen LogP contribution in [0.1, 0.15) is 36.4 Å². The molecule has 2 fully saturated rings. The molecule has 2 heterocycles. The quantitative estimate of drug-likeness (QED) is 0.863. The number of likely N-dealkylation sites (tertiary alicyclic amines) is 1. The van der Waals surface area contributed by atoms with Crippen LogP contribution in [-0.2, 0) is 0 Å². The lowest BCUT2D eigenvalue weighted by molar-refractivity contribution is 0.216. The van der Waals surface area contributed by atoms with Crippen molar-refractivity contribution in [2.45, 2.75) is 37.4 Å². The Morgan fingerprint density at radius 3 is 2.14 bits per heavy atom. The van der Waals surface area contributed by atoms with Gasteiger partial charge in [-0.1, -0.05) is 48.5 Å². The zero-order valence-electron chi connectivity index (χ0n) is 12.8. The molecule has 1 N–H and O–H groups in total. The summed E-state index contributed by atoms with van der Waals surface area (Å²) in [5.41, 5.74) is 5.87. The highest BCUT2D eigenvalue weighted by molar-refractivity contribution is 5.78. The number of rotatable bonds is 1. The Kier molecular flexibility index (Phi) is 2.89. The maximum Gasteiger partial charge on any atom is 0.0614 e. The van der Waals surface area contributed by atoms with Gasteiger partial charge in [-0.05, 0) is 41.5 Å². The van der Waals surface area contributed by atoms with Crippen LogP contribution in [0.2, 0.25) is 0 Å². The molecule has 2 bridgehead atoms. The summed E-state index contributed by atoms with van der Waals surface area (Å²) < 4.78 is 0. The van der Waals surface area contributed by atoms with Crippen molar-refractivity contribution in [1.29, 1.82) is 0 Å². The van der Waals surface area contributed by atoms with E-state index in [0.717, 1.165) is 6.04 Å². The Morgan fingerprint density at radius 1 is 0.773 bits per heavy atom. The van der Waals surface area contributed by atoms with Gasteiger partial charge in [0.05, 0.1) is 6.04 Å². The van der Waals surface area contributed by atoms with Gasteiger partial charge in [0, 0.05) is 25.2 Å². The maximum absolute atomic E-state index is 3.81. The lowest BCUT2D eigenvalue weighted by Gasteiger charge is -2.31. The van der Waals surface area contributed by atoms with Crippen molar-refractivity contribution in [3.63, 3.8) is 0 Å². The molecule has 2 nitrogen and oxygen atoms in total. The summed E-state index contributed by atoms with van der Waals surface area (Å²) in [4.78, 5) is 2.72. The van der Waals surface area contributed by atoms with Gasteiger partial charge in [-0.3, -0.25) is 4.90 Å². The highest BCUT2D eigenvalue weighted by Crippen LogP contribution is 2.46. The zero-order chi connectivity index (χ0) is 14.5. The van der Waals surface area contributed by atoms with Crippen LogP contribution in [0.15, 0.2) is 48.5 Å². The first-order valence-corrected chi connectivity index (χ1v) is 8.58. The van der Waals surface area contributed by atoms with Crippen molar-refractivity contribution < 1.29 is 0 Å². The average Bonchev–Trinajstić information content (AvgIpc) is 3.06. The van der Waals surface area contributed by atoms with Gasteiger partial charge in [-0.15, -0.1) is 0 Å². The van der Waals surface area contributed by atoms with Gasteiger partial charge in [0.25, 0.3) is 0 Å². The minimum absolute atomic E-state index is 0.452. The molecule has 0 spiro atoms. The first kappa shape index (κ1) is 12.9. The second kappa shape index (κ2) is 4.94. The third-order valence-electron chi connectivity index (χ3n) is 5.72. The Hall–Kier alpha value is -1.64. The molecule has 2 heteroatoms. The van der Waals surface area contributed by atoms with E-state index in [4.69, 9.17) is 0 Å². The first-order chi connectivity index (χ1) is 10.9. The van der Waals surface area contributed by atoms with Gasteiger partial charge in [0.2, 0.25) is 0 Å². The van der Waals surface area contributed by atoms with Crippen molar-refractivity contribution in [1.82, 2.24) is 10.2 Å². The molecule has 0 amide bonds. The lowest BCUT2D eigenvalue weighted by atomic mass is 10.0. The van der Waals surface area contributed by atoms with Crippen molar-refractivity contribution in [2.24, 2.45) is 0 Å². The van der Waals surface area contributed by atoms with Crippen molar-refractivity contribution in [2.75, 3.05) is 13.1 Å².